The van der Waals surface area contributed by atoms with Gasteiger partial charge in [0.25, 0.3) is 0 Å². The molecular formula is C28H31ClN6O4S. The van der Waals surface area contributed by atoms with Crippen molar-refractivity contribution < 1.29 is 19.0 Å². The minimum atomic E-state index is -0.653. The highest BCUT2D eigenvalue weighted by atomic mass is 35.5. The number of thioether (sulfide) groups is 1. The highest BCUT2D eigenvalue weighted by Gasteiger charge is 2.18. The zero-order valence-corrected chi connectivity index (χ0v) is 23.8. The van der Waals surface area contributed by atoms with Crippen molar-refractivity contribution in [3.63, 3.8) is 0 Å². The number of aromatic nitrogens is 3. The van der Waals surface area contributed by atoms with Crippen molar-refractivity contribution in [3.8, 4) is 11.5 Å². The highest BCUT2D eigenvalue weighted by molar-refractivity contribution is 7.98. The monoisotopic (exact) mass is 582 g/mol. The maximum atomic E-state index is 12.8. The summed E-state index contributed by atoms with van der Waals surface area (Å²) in [5, 5.41) is 7.29. The van der Waals surface area contributed by atoms with E-state index in [0.29, 0.717) is 70.9 Å². The first kappa shape index (κ1) is 29.3. The number of fused-ring (bicyclic) bond motifs is 1. The van der Waals surface area contributed by atoms with Crippen molar-refractivity contribution in [1.82, 2.24) is 15.0 Å². The van der Waals surface area contributed by atoms with Crippen molar-refractivity contribution in [1.29, 1.82) is 0 Å². The van der Waals surface area contributed by atoms with Gasteiger partial charge in [0.2, 0.25) is 5.91 Å². The molecule has 0 aliphatic rings. The van der Waals surface area contributed by atoms with Crippen LogP contribution >= 0.6 is 23.4 Å². The van der Waals surface area contributed by atoms with Gasteiger partial charge in [-0.1, -0.05) is 17.7 Å². The number of amides is 1. The quantitative estimate of drug-likeness (QED) is 0.173. The molecule has 2 aromatic carbocycles. The number of methoxy groups -OCH3 is 1. The Kier molecular flexibility index (Phi) is 10.8. The maximum Gasteiger partial charge on any atom is 0.241 e. The topological polar surface area (TPSA) is 134 Å². The van der Waals surface area contributed by atoms with Crippen LogP contribution in [0.3, 0.4) is 0 Å². The second-order valence-electron chi connectivity index (χ2n) is 8.69. The van der Waals surface area contributed by atoms with Crippen molar-refractivity contribution in [3.05, 3.63) is 71.8 Å². The largest absolute Gasteiger partial charge is 0.489 e. The van der Waals surface area contributed by atoms with Gasteiger partial charge in [-0.25, -0.2) is 9.97 Å². The molecule has 0 spiro atoms. The molecule has 12 heteroatoms. The van der Waals surface area contributed by atoms with Crippen molar-refractivity contribution >= 4 is 57.4 Å². The van der Waals surface area contributed by atoms with E-state index in [4.69, 9.17) is 31.5 Å². The zero-order chi connectivity index (χ0) is 28.3. The molecular weight excluding hydrogens is 552 g/mol. The molecule has 0 saturated heterocycles. The number of nitrogens with two attached hydrogens (primary N) is 1. The van der Waals surface area contributed by atoms with Gasteiger partial charge in [-0.2, -0.15) is 11.8 Å². The summed E-state index contributed by atoms with van der Waals surface area (Å²) in [5.74, 6) is 1.99. The molecule has 10 nitrogen and oxygen atoms in total. The molecule has 0 saturated carbocycles. The normalized spacial score (nSPS) is 11.7. The third-order valence-corrected chi connectivity index (χ3v) is 6.74. The Morgan fingerprint density at radius 3 is 2.70 bits per heavy atom. The number of hydrogen-bond donors (Lipinski definition) is 3. The van der Waals surface area contributed by atoms with E-state index in [9.17, 15) is 4.79 Å². The molecule has 4 aromatic rings. The Labute approximate surface area is 242 Å². The van der Waals surface area contributed by atoms with E-state index in [1.165, 1.54) is 6.33 Å². The van der Waals surface area contributed by atoms with Gasteiger partial charge in [0, 0.05) is 30.4 Å². The molecule has 210 valence electrons. The van der Waals surface area contributed by atoms with Crippen LogP contribution in [0.25, 0.3) is 10.9 Å². The fourth-order valence-electron chi connectivity index (χ4n) is 3.70. The summed E-state index contributed by atoms with van der Waals surface area (Å²) in [7, 11) is 1.59. The van der Waals surface area contributed by atoms with E-state index in [1.54, 1.807) is 49.3 Å². The summed E-state index contributed by atoms with van der Waals surface area (Å²) in [6, 6.07) is 13.9. The van der Waals surface area contributed by atoms with Gasteiger partial charge in [-0.15, -0.1) is 0 Å². The van der Waals surface area contributed by atoms with Crippen molar-refractivity contribution in [2.24, 2.45) is 5.73 Å². The summed E-state index contributed by atoms with van der Waals surface area (Å²) < 4.78 is 16.8. The second-order valence-corrected chi connectivity index (χ2v) is 10.1. The van der Waals surface area contributed by atoms with E-state index in [1.807, 2.05) is 30.5 Å². The molecule has 1 atom stereocenters. The van der Waals surface area contributed by atoms with E-state index in [-0.39, 0.29) is 5.91 Å². The average molecular weight is 583 g/mol. The van der Waals surface area contributed by atoms with Crippen LogP contribution in [0, 0.1) is 0 Å². The lowest BCUT2D eigenvalue weighted by atomic mass is 10.1. The summed E-state index contributed by atoms with van der Waals surface area (Å²) in [5.41, 5.74) is 8.67. The first-order valence-corrected chi connectivity index (χ1v) is 14.3. The lowest BCUT2D eigenvalue weighted by Gasteiger charge is -2.17. The molecule has 2 heterocycles. The van der Waals surface area contributed by atoms with Crippen LogP contribution in [0.1, 0.15) is 12.1 Å². The Hall–Kier alpha value is -3.64. The van der Waals surface area contributed by atoms with E-state index in [0.717, 1.165) is 11.4 Å². The van der Waals surface area contributed by atoms with Gasteiger partial charge < -0.3 is 30.6 Å². The molecule has 0 fully saturated rings. The summed E-state index contributed by atoms with van der Waals surface area (Å²) >= 11 is 8.14. The van der Waals surface area contributed by atoms with Gasteiger partial charge in [0.15, 0.2) is 0 Å². The molecule has 0 aliphatic carbocycles. The number of nitrogens with one attached hydrogen (secondary N) is 2. The van der Waals surface area contributed by atoms with Gasteiger partial charge in [-0.05, 0) is 54.8 Å². The van der Waals surface area contributed by atoms with E-state index in [2.05, 4.69) is 25.6 Å². The number of benzene rings is 2. The average Bonchev–Trinajstić information content (AvgIpc) is 2.96. The van der Waals surface area contributed by atoms with Crippen LogP contribution in [-0.4, -0.2) is 59.2 Å². The lowest BCUT2D eigenvalue weighted by Crippen LogP contribution is -2.36. The van der Waals surface area contributed by atoms with Gasteiger partial charge in [0.05, 0.1) is 34.6 Å². The number of carbonyl (C=O) groups is 1. The lowest BCUT2D eigenvalue weighted by molar-refractivity contribution is -0.117. The van der Waals surface area contributed by atoms with Gasteiger partial charge in [0.1, 0.15) is 36.9 Å². The number of hydrogen-bond acceptors (Lipinski definition) is 10. The summed E-state index contributed by atoms with van der Waals surface area (Å²) in [6.07, 6.45) is 5.69. The number of rotatable bonds is 14. The summed E-state index contributed by atoms with van der Waals surface area (Å²) in [6.45, 7) is 0.985. The van der Waals surface area contributed by atoms with Crippen LogP contribution in [0.15, 0.2) is 61.1 Å². The van der Waals surface area contributed by atoms with Crippen LogP contribution in [0.5, 0.6) is 11.5 Å². The fourth-order valence-corrected chi connectivity index (χ4v) is 4.43. The third kappa shape index (κ3) is 7.95. The highest BCUT2D eigenvalue weighted by Crippen LogP contribution is 2.35. The number of carbonyl (C=O) groups excluding carboxylic acids is 1. The number of nitrogens with zero attached hydrogens (tertiary/aromatic N) is 3. The van der Waals surface area contributed by atoms with E-state index < -0.39 is 6.04 Å². The summed E-state index contributed by atoms with van der Waals surface area (Å²) in [4.78, 5) is 25.9. The number of ether oxygens (including phenoxy) is 3. The second kappa shape index (κ2) is 14.7. The zero-order valence-electron chi connectivity index (χ0n) is 22.2. The number of halogens is 1. The molecule has 0 bridgehead atoms. The smallest absolute Gasteiger partial charge is 0.241 e. The predicted octanol–water partition coefficient (Wildman–Crippen LogP) is 5.04. The Bertz CT molecular complexity index is 1430. The molecule has 4 rings (SSSR count). The first-order valence-electron chi connectivity index (χ1n) is 12.5. The van der Waals surface area contributed by atoms with Crippen molar-refractivity contribution in [2.45, 2.75) is 19.1 Å². The standard InChI is InChI=1S/C28H31ClN6O4S/c1-37-10-11-38-26-15-23-20(14-24(26)35-28(36)22(30)8-12-40-2)27(33-17-32-23)34-18-6-7-25(21(29)13-18)39-16-19-5-3-4-9-31-19/h3-7,9,13-15,17,22H,8,10-12,16,30H2,1-2H3,(H,35,36)(H,32,33,34)/t22-/m0/s1. The van der Waals surface area contributed by atoms with Gasteiger partial charge in [-0.3, -0.25) is 9.78 Å². The third-order valence-electron chi connectivity index (χ3n) is 5.81. The first-order chi connectivity index (χ1) is 19.5. The van der Waals surface area contributed by atoms with Gasteiger partial charge >= 0.3 is 0 Å². The Balaban J connectivity index is 1.57. The molecule has 4 N–H and O–H groups in total. The molecule has 0 unspecified atom stereocenters. The number of anilines is 3. The Morgan fingerprint density at radius 2 is 1.95 bits per heavy atom. The fraction of sp³-hybridized carbons (Fsp3) is 0.286. The predicted molar refractivity (Wildman–Crippen MR) is 160 cm³/mol. The molecule has 0 aliphatic heterocycles. The Morgan fingerprint density at radius 1 is 1.07 bits per heavy atom. The van der Waals surface area contributed by atoms with Crippen LogP contribution in [0.2, 0.25) is 5.02 Å². The molecule has 1 amide bonds. The van der Waals surface area contributed by atoms with Crippen LogP contribution in [-0.2, 0) is 16.1 Å². The van der Waals surface area contributed by atoms with Crippen LogP contribution in [0.4, 0.5) is 17.2 Å². The number of pyridine rings is 1. The minimum absolute atomic E-state index is 0.298. The maximum absolute atomic E-state index is 12.8. The molecule has 2 aromatic heterocycles. The minimum Gasteiger partial charge on any atom is -0.489 e. The van der Waals surface area contributed by atoms with E-state index >= 15 is 0 Å². The van der Waals surface area contributed by atoms with Crippen molar-refractivity contribution in [2.75, 3.05) is 43.0 Å². The molecule has 0 radical (unpaired) electrons. The SMILES string of the molecule is COCCOc1cc2ncnc(Nc3ccc(OCc4ccccn4)c(Cl)c3)c2cc1NC(=O)[C@@H](N)CCSC. The molecule has 40 heavy (non-hydrogen) atoms. The van der Waals surface area contributed by atoms with Crippen LogP contribution < -0.4 is 25.8 Å².